The highest BCUT2D eigenvalue weighted by molar-refractivity contribution is 8.18. The maximum Gasteiger partial charge on any atom is 0.294 e. The fraction of sp³-hybridized carbons (Fsp3) is 0.200. The fourth-order valence-corrected chi connectivity index (χ4v) is 3.95. The monoisotopic (exact) mass is 433 g/mol. The number of carbonyl (C=O) groups excluding carboxylic acids is 2. The van der Waals surface area contributed by atoms with E-state index in [9.17, 15) is 9.59 Å². The lowest BCUT2D eigenvalue weighted by atomic mass is 10.0. The Balaban J connectivity index is 1.91. The van der Waals surface area contributed by atoms with Gasteiger partial charge < -0.3 is 9.47 Å². The Bertz CT molecular complexity index is 1080. The third-order valence-electron chi connectivity index (χ3n) is 4.66. The van der Waals surface area contributed by atoms with E-state index in [1.54, 1.807) is 25.3 Å². The number of thioether (sulfide) groups is 1. The van der Waals surface area contributed by atoms with Crippen molar-refractivity contribution in [3.8, 4) is 23.8 Å². The summed E-state index contributed by atoms with van der Waals surface area (Å²) in [5, 5.41) is -0.370. The Morgan fingerprint density at radius 1 is 1.23 bits per heavy atom. The molecule has 0 bridgehead atoms. The first-order valence-corrected chi connectivity index (χ1v) is 10.5. The molecule has 31 heavy (non-hydrogen) atoms. The zero-order valence-corrected chi connectivity index (χ0v) is 18.3. The molecule has 1 heterocycles. The van der Waals surface area contributed by atoms with Crippen molar-refractivity contribution < 1.29 is 19.1 Å². The van der Waals surface area contributed by atoms with Crippen molar-refractivity contribution in [1.82, 2.24) is 4.90 Å². The molecule has 3 rings (SSSR count). The van der Waals surface area contributed by atoms with Gasteiger partial charge in [-0.05, 0) is 54.4 Å². The molecule has 1 saturated heterocycles. The lowest BCUT2D eigenvalue weighted by Gasteiger charge is -2.16. The standard InChI is InChI=1S/C25H23NO4S/c1-5-7-20-13-19(15-22-24(27)26(12-6-2)25(28)31-22)14-21(29-4)23(20)30-16-18-10-8-17(3)9-11-18/h2,5,8-11,13-15H,1,7,12,16H2,3-4H3/b22-15+. The molecule has 0 aliphatic carbocycles. The number of rotatable bonds is 8. The topological polar surface area (TPSA) is 55.8 Å². The van der Waals surface area contributed by atoms with Gasteiger partial charge in [-0.15, -0.1) is 13.0 Å². The van der Waals surface area contributed by atoms with Gasteiger partial charge in [0.1, 0.15) is 6.61 Å². The average molecular weight is 434 g/mol. The lowest BCUT2D eigenvalue weighted by Crippen LogP contribution is -2.28. The Kier molecular flexibility index (Phi) is 7.22. The molecule has 2 aromatic rings. The summed E-state index contributed by atoms with van der Waals surface area (Å²) in [6, 6.07) is 11.8. The maximum absolute atomic E-state index is 12.5. The molecular weight excluding hydrogens is 410 g/mol. The van der Waals surface area contributed by atoms with Gasteiger partial charge in [0, 0.05) is 5.56 Å². The van der Waals surface area contributed by atoms with E-state index in [0.29, 0.717) is 29.4 Å². The van der Waals surface area contributed by atoms with Crippen molar-refractivity contribution in [2.24, 2.45) is 0 Å². The highest BCUT2D eigenvalue weighted by Gasteiger charge is 2.34. The number of nitrogens with zero attached hydrogens (tertiary/aromatic N) is 1. The molecule has 1 aliphatic heterocycles. The second-order valence-corrected chi connectivity index (χ2v) is 7.94. The summed E-state index contributed by atoms with van der Waals surface area (Å²) in [4.78, 5) is 25.9. The van der Waals surface area contributed by atoms with Crippen LogP contribution >= 0.6 is 11.8 Å². The first kappa shape index (κ1) is 22.3. The van der Waals surface area contributed by atoms with Crippen LogP contribution in [0.2, 0.25) is 0 Å². The molecular formula is C25H23NO4S. The number of carbonyl (C=O) groups is 2. The minimum atomic E-state index is -0.392. The molecule has 2 amide bonds. The van der Waals surface area contributed by atoms with Crippen LogP contribution in [0, 0.1) is 19.3 Å². The zero-order chi connectivity index (χ0) is 22.4. The smallest absolute Gasteiger partial charge is 0.294 e. The van der Waals surface area contributed by atoms with E-state index in [2.05, 4.69) is 12.5 Å². The largest absolute Gasteiger partial charge is 0.493 e. The summed E-state index contributed by atoms with van der Waals surface area (Å²) < 4.78 is 11.7. The molecule has 5 nitrogen and oxygen atoms in total. The minimum Gasteiger partial charge on any atom is -0.493 e. The second kappa shape index (κ2) is 10.1. The maximum atomic E-state index is 12.5. The average Bonchev–Trinajstić information content (AvgIpc) is 3.01. The summed E-state index contributed by atoms with van der Waals surface area (Å²) in [7, 11) is 1.57. The van der Waals surface area contributed by atoms with E-state index in [0.717, 1.165) is 33.4 Å². The van der Waals surface area contributed by atoms with Crippen LogP contribution in [0.1, 0.15) is 22.3 Å². The number of ether oxygens (including phenoxy) is 2. The van der Waals surface area contributed by atoms with Crippen LogP contribution in [0.3, 0.4) is 0 Å². The van der Waals surface area contributed by atoms with Crippen molar-refractivity contribution >= 4 is 29.0 Å². The fourth-order valence-electron chi connectivity index (χ4n) is 3.11. The molecule has 0 unspecified atom stereocenters. The van der Waals surface area contributed by atoms with E-state index in [-0.39, 0.29) is 11.8 Å². The Labute approximate surface area is 186 Å². The number of allylic oxidation sites excluding steroid dienone is 1. The van der Waals surface area contributed by atoms with Crippen LogP contribution in [0.4, 0.5) is 4.79 Å². The van der Waals surface area contributed by atoms with Crippen molar-refractivity contribution in [3.63, 3.8) is 0 Å². The normalized spacial score (nSPS) is 14.6. The van der Waals surface area contributed by atoms with Gasteiger partial charge in [0.2, 0.25) is 0 Å². The number of hydrogen-bond acceptors (Lipinski definition) is 5. The third-order valence-corrected chi connectivity index (χ3v) is 5.57. The number of terminal acetylenes is 1. The predicted molar refractivity (Wildman–Crippen MR) is 124 cm³/mol. The highest BCUT2D eigenvalue weighted by Crippen LogP contribution is 2.37. The van der Waals surface area contributed by atoms with Crippen molar-refractivity contribution in [1.29, 1.82) is 0 Å². The predicted octanol–water partition coefficient (Wildman–Crippen LogP) is 4.98. The van der Waals surface area contributed by atoms with Gasteiger partial charge in [0.25, 0.3) is 11.1 Å². The number of methoxy groups -OCH3 is 1. The van der Waals surface area contributed by atoms with Gasteiger partial charge in [0.15, 0.2) is 11.5 Å². The zero-order valence-electron chi connectivity index (χ0n) is 17.5. The molecule has 0 aromatic heterocycles. The number of benzene rings is 2. The highest BCUT2D eigenvalue weighted by atomic mass is 32.2. The molecule has 1 aliphatic rings. The molecule has 2 aromatic carbocycles. The van der Waals surface area contributed by atoms with Crippen LogP contribution in [0.15, 0.2) is 54.0 Å². The second-order valence-electron chi connectivity index (χ2n) is 6.95. The summed E-state index contributed by atoms with van der Waals surface area (Å²) in [5.74, 6) is 3.11. The number of amides is 2. The summed E-state index contributed by atoms with van der Waals surface area (Å²) >= 11 is 0.873. The van der Waals surface area contributed by atoms with Crippen LogP contribution in [-0.4, -0.2) is 29.7 Å². The van der Waals surface area contributed by atoms with Crippen LogP contribution < -0.4 is 9.47 Å². The van der Waals surface area contributed by atoms with Gasteiger partial charge in [-0.2, -0.15) is 0 Å². The molecule has 0 radical (unpaired) electrons. The number of aryl methyl sites for hydroxylation is 1. The lowest BCUT2D eigenvalue weighted by molar-refractivity contribution is -0.122. The molecule has 6 heteroatoms. The van der Waals surface area contributed by atoms with E-state index >= 15 is 0 Å². The first-order chi connectivity index (χ1) is 15.0. The Morgan fingerprint density at radius 3 is 2.61 bits per heavy atom. The van der Waals surface area contributed by atoms with Crippen molar-refractivity contribution in [2.75, 3.05) is 13.7 Å². The molecule has 0 atom stereocenters. The van der Waals surface area contributed by atoms with Crippen LogP contribution in [0.5, 0.6) is 11.5 Å². The number of hydrogen-bond donors (Lipinski definition) is 0. The molecule has 0 spiro atoms. The van der Waals surface area contributed by atoms with Crippen LogP contribution in [-0.2, 0) is 17.8 Å². The Hall–Kier alpha value is -3.43. The van der Waals surface area contributed by atoms with E-state index in [4.69, 9.17) is 15.9 Å². The molecule has 0 saturated carbocycles. The molecule has 0 N–H and O–H groups in total. The van der Waals surface area contributed by atoms with Gasteiger partial charge >= 0.3 is 0 Å². The summed E-state index contributed by atoms with van der Waals surface area (Å²) in [6.45, 7) is 6.21. The van der Waals surface area contributed by atoms with Crippen molar-refractivity contribution in [3.05, 3.63) is 76.2 Å². The SMILES string of the molecule is C#CCN1C(=O)S/C(=C/c2cc(CC=C)c(OCc3ccc(C)cc3)c(OC)c2)C1=O. The van der Waals surface area contributed by atoms with E-state index < -0.39 is 5.91 Å². The third kappa shape index (κ3) is 5.19. The van der Waals surface area contributed by atoms with Crippen LogP contribution in [0.25, 0.3) is 6.08 Å². The summed E-state index contributed by atoms with van der Waals surface area (Å²) in [5.41, 5.74) is 3.83. The Morgan fingerprint density at radius 2 is 1.97 bits per heavy atom. The van der Waals surface area contributed by atoms with Gasteiger partial charge in [0.05, 0.1) is 18.6 Å². The van der Waals surface area contributed by atoms with E-state index in [1.807, 2.05) is 37.3 Å². The molecule has 158 valence electrons. The molecule has 1 fully saturated rings. The van der Waals surface area contributed by atoms with Gasteiger partial charge in [-0.25, -0.2) is 0 Å². The van der Waals surface area contributed by atoms with Crippen molar-refractivity contribution in [2.45, 2.75) is 20.0 Å². The number of imide groups is 1. The summed E-state index contributed by atoms with van der Waals surface area (Å²) in [6.07, 6.45) is 9.25. The van der Waals surface area contributed by atoms with E-state index in [1.165, 1.54) is 5.56 Å². The first-order valence-electron chi connectivity index (χ1n) is 9.65. The minimum absolute atomic E-state index is 0.0428. The quantitative estimate of drug-likeness (QED) is 0.334. The van der Waals surface area contributed by atoms with Gasteiger partial charge in [-0.3, -0.25) is 14.5 Å². The van der Waals surface area contributed by atoms with Gasteiger partial charge in [-0.1, -0.05) is 41.8 Å².